The van der Waals surface area contributed by atoms with Crippen molar-refractivity contribution in [3.63, 3.8) is 0 Å². The van der Waals surface area contributed by atoms with Crippen LogP contribution in [0.1, 0.15) is 0 Å². The molecule has 0 spiro atoms. The third-order valence-corrected chi connectivity index (χ3v) is 15.5. The molecule has 9 fully saturated rings. The first-order chi connectivity index (χ1) is 46.3. The molecule has 0 unspecified atom stereocenters. The van der Waals surface area contributed by atoms with E-state index in [0.717, 1.165) is 118 Å². The first-order valence-corrected chi connectivity index (χ1v) is 34.4. The molecule has 36 heteroatoms. The number of hydrogen-bond acceptors (Lipinski definition) is 32. The molecule has 0 atom stereocenters. The summed E-state index contributed by atoms with van der Waals surface area (Å²) >= 11 is 17.4. The monoisotopic (exact) mass is 1580 g/mol. The molecule has 9 rings (SSSR count). The Kier molecular flexibility index (Phi) is 85.0. The Morgan fingerprint density at radius 1 is 0.173 bits per heavy atom. The second-order valence-corrected chi connectivity index (χ2v) is 22.5. The van der Waals surface area contributed by atoms with Gasteiger partial charge in [-0.1, -0.05) is 0 Å². The topological polar surface area (TPSA) is 281 Å². The Labute approximate surface area is 689 Å². The predicted octanol–water partition coefficient (Wildman–Crippen LogP) is -9.16. The van der Waals surface area contributed by atoms with Gasteiger partial charge in [0.2, 0.25) is 0 Å². The van der Waals surface area contributed by atoms with Gasteiger partial charge in [0.15, 0.2) is 0 Å². The van der Waals surface area contributed by atoms with Crippen LogP contribution in [0.3, 0.4) is 0 Å². The first-order valence-electron chi connectivity index (χ1n) is 32.8. The molecule has 6 bridgehead atoms. The van der Waals surface area contributed by atoms with Gasteiger partial charge < -0.3 is 136 Å². The summed E-state index contributed by atoms with van der Waals surface area (Å²) in [4.78, 5) is 13.4. The van der Waals surface area contributed by atoms with Crippen LogP contribution < -0.4 is 88.7 Å². The van der Waals surface area contributed by atoms with Gasteiger partial charge in [0.05, 0.1) is 262 Å². The van der Waals surface area contributed by atoms with Gasteiger partial charge in [-0.15, -0.1) is 19.6 Å². The average Bonchev–Trinajstić information content (AvgIpc) is 3.23. The molecule has 552 valence electrons. The fourth-order valence-electron chi connectivity index (χ4n) is 8.60. The Morgan fingerprint density at radius 2 is 0.245 bits per heavy atom. The quantitative estimate of drug-likeness (QED) is 0.124. The normalized spacial score (nSPS) is 26.0. The van der Waals surface area contributed by atoms with Crippen LogP contribution in [0.25, 0.3) is 0 Å². The molecule has 9 saturated heterocycles. The molecule has 0 aromatic carbocycles. The van der Waals surface area contributed by atoms with Gasteiger partial charge in [0.25, 0.3) is 0 Å². The SMILES string of the molecule is C1COCCN2CCOCCOCCN(CCO1)CCOCCOCC2.C1COCCN2CCOCCOCCN(CCO1)CCOCCOCC2.C1COCCN2CCOCCOCCN(CCO1)CCOCCOCC2.N#C/C([S-])=C(/[S-])C#N.N#C/C([S-])=C(/[S-])C#N.[Ag+].[Na+].[Na+].[Na+]. The molecule has 0 aromatic heterocycles. The second kappa shape index (κ2) is 80.6. The average molecular weight is 1590 g/mol. The van der Waals surface area contributed by atoms with E-state index in [0.29, 0.717) is 238 Å². The van der Waals surface area contributed by atoms with E-state index in [2.05, 4.69) is 79.9 Å². The van der Waals surface area contributed by atoms with E-state index >= 15 is 0 Å². The van der Waals surface area contributed by atoms with Crippen molar-refractivity contribution in [2.24, 2.45) is 0 Å². The summed E-state index contributed by atoms with van der Waals surface area (Å²) in [6.07, 6.45) is 0. The van der Waals surface area contributed by atoms with E-state index in [1.54, 1.807) is 24.3 Å². The van der Waals surface area contributed by atoms with Gasteiger partial charge in [-0.2, -0.15) is 21.0 Å². The molecule has 0 N–H and O–H groups in total. The molecule has 98 heavy (non-hydrogen) atoms. The zero-order chi connectivity index (χ0) is 67.5. The summed E-state index contributed by atoms with van der Waals surface area (Å²) in [6.45, 7) is 39.5. The van der Waals surface area contributed by atoms with Gasteiger partial charge >= 0.3 is 111 Å². The molecule has 28 nitrogen and oxygen atoms in total. The number of nitrogens with zero attached hydrogens (tertiary/aromatic N) is 10. The van der Waals surface area contributed by atoms with E-state index in [9.17, 15) is 0 Å². The molecule has 9 heterocycles. The zero-order valence-corrected chi connectivity index (χ0v) is 69.7. The Bertz CT molecular complexity index is 1570. The van der Waals surface area contributed by atoms with Gasteiger partial charge in [0, 0.05) is 118 Å². The van der Waals surface area contributed by atoms with Crippen LogP contribution in [-0.4, -0.2) is 385 Å². The Morgan fingerprint density at radius 3 is 0.306 bits per heavy atom. The van der Waals surface area contributed by atoms with E-state index in [4.69, 9.17) is 106 Å². The number of hydrogen-bond donors (Lipinski definition) is 0. The van der Waals surface area contributed by atoms with Crippen molar-refractivity contribution in [2.75, 3.05) is 356 Å². The zero-order valence-electron chi connectivity index (χ0n) is 58.9. The number of ether oxygens (including phenoxy) is 18. The van der Waals surface area contributed by atoms with Crippen LogP contribution in [0.5, 0.6) is 0 Å². The van der Waals surface area contributed by atoms with E-state index in [-0.39, 0.29) is 131 Å². The minimum atomic E-state index is -0.109. The summed E-state index contributed by atoms with van der Waals surface area (Å²) in [5, 5.41) is 32.0. The summed E-state index contributed by atoms with van der Waals surface area (Å²) in [7, 11) is 0. The van der Waals surface area contributed by atoms with Crippen molar-refractivity contribution < 1.29 is 196 Å². The number of nitriles is 4. The summed E-state index contributed by atoms with van der Waals surface area (Å²) < 4.78 is 103. The van der Waals surface area contributed by atoms with Crippen LogP contribution in [0.4, 0.5) is 0 Å². The molecule has 0 radical (unpaired) electrons. The minimum Gasteiger partial charge on any atom is -0.770 e. The first kappa shape index (κ1) is 103. The summed E-state index contributed by atoms with van der Waals surface area (Å²) in [5.74, 6) is 0. The maximum atomic E-state index is 8.01. The fourth-order valence-corrected chi connectivity index (χ4v) is 8.78. The standard InChI is InChI=1S/3C18H36N2O6.2C4H2N2S2.Ag.3Na/c3*1-7-21-13-14-24-10-4-20-5-11-25-17-15-22-8-2-19(1)3-9-23-16-18-26-12-6-20;2*5-1-3(7)4(8)2-6;;;;/h3*1-18H2;2*7-8H;;;;/q;;;;;4*+1/p-4/b;;;2*4-3-;;;;. The van der Waals surface area contributed by atoms with Gasteiger partial charge in [0.1, 0.15) is 0 Å². The largest absolute Gasteiger partial charge is 1.00 e. The number of rotatable bonds is 0. The minimum absolute atomic E-state index is 0. The summed E-state index contributed by atoms with van der Waals surface area (Å²) in [6, 6.07) is 6.33. The van der Waals surface area contributed by atoms with Gasteiger partial charge in [-0.3, -0.25) is 29.4 Å². The Hall–Kier alpha value is 1.10. The third-order valence-electron chi connectivity index (χ3n) is 14.1. The predicted molar refractivity (Wildman–Crippen MR) is 359 cm³/mol. The molecule has 9 aliphatic rings. The molecule has 0 aliphatic carbocycles. The van der Waals surface area contributed by atoms with Crippen molar-refractivity contribution in [3.05, 3.63) is 19.6 Å². The maximum absolute atomic E-state index is 8.01. The molecule has 0 aromatic rings. The van der Waals surface area contributed by atoms with E-state index in [1.165, 1.54) is 0 Å². The Balaban J connectivity index is -0.00000122. The van der Waals surface area contributed by atoms with Crippen LogP contribution in [0, 0.1) is 45.3 Å². The number of fused-ring (bicyclic) bond motifs is 63. The van der Waals surface area contributed by atoms with Crippen LogP contribution in [0.15, 0.2) is 19.6 Å². The molecule has 0 saturated carbocycles. The smallest absolute Gasteiger partial charge is 0.770 e. The fraction of sp³-hybridized carbons (Fsp3) is 0.871. The maximum Gasteiger partial charge on any atom is 1.00 e. The van der Waals surface area contributed by atoms with Gasteiger partial charge in [-0.25, -0.2) is 0 Å². The second-order valence-electron chi connectivity index (χ2n) is 20.8. The van der Waals surface area contributed by atoms with Crippen LogP contribution >= 0.6 is 0 Å². The molecular formula is C62H108AgN10Na3O18S4. The van der Waals surface area contributed by atoms with E-state index in [1.807, 2.05) is 0 Å². The summed E-state index contributed by atoms with van der Waals surface area (Å²) in [5.41, 5.74) is 0. The van der Waals surface area contributed by atoms with Gasteiger partial charge in [-0.05, 0) is 0 Å². The van der Waals surface area contributed by atoms with Crippen molar-refractivity contribution >= 4 is 50.5 Å². The van der Waals surface area contributed by atoms with Crippen molar-refractivity contribution in [3.8, 4) is 24.3 Å². The molecule has 9 aliphatic heterocycles. The molecule has 0 amide bonds. The molecular weight excluding hydrogens is 1480 g/mol. The van der Waals surface area contributed by atoms with Crippen molar-refractivity contribution in [1.29, 1.82) is 21.0 Å². The van der Waals surface area contributed by atoms with Crippen molar-refractivity contribution in [1.82, 2.24) is 29.4 Å². The van der Waals surface area contributed by atoms with Crippen LogP contribution in [0.2, 0.25) is 0 Å². The van der Waals surface area contributed by atoms with E-state index < -0.39 is 0 Å². The third kappa shape index (κ3) is 66.5. The van der Waals surface area contributed by atoms with Crippen LogP contribution in [-0.2, 0) is 158 Å². The van der Waals surface area contributed by atoms with Crippen molar-refractivity contribution in [2.45, 2.75) is 0 Å². The number of allylic oxidation sites excluding steroid dienone is 4.